The molecule has 0 spiro atoms. The molecule has 1 aromatic carbocycles. The molecular formula is C18H14F3N3O2S. The topological polar surface area (TPSA) is 64.0 Å². The minimum absolute atomic E-state index is 0.333. The molecule has 1 N–H and O–H groups in total. The minimum atomic E-state index is -1.67. The van der Waals surface area contributed by atoms with Gasteiger partial charge in [0.2, 0.25) is 5.91 Å². The molecule has 4 rings (SSSR count). The van der Waals surface area contributed by atoms with Crippen molar-refractivity contribution in [2.75, 3.05) is 5.32 Å². The first kappa shape index (κ1) is 17.7. The fourth-order valence-corrected chi connectivity index (χ4v) is 4.48. The van der Waals surface area contributed by atoms with E-state index in [0.29, 0.717) is 16.3 Å². The van der Waals surface area contributed by atoms with Crippen molar-refractivity contribution in [1.29, 1.82) is 0 Å². The maximum absolute atomic E-state index is 13.7. The number of anilines is 1. The lowest BCUT2D eigenvalue weighted by Gasteiger charge is -2.11. The summed E-state index contributed by atoms with van der Waals surface area (Å²) < 4.78 is 41.1. The molecule has 27 heavy (non-hydrogen) atoms. The fourth-order valence-electron chi connectivity index (χ4n) is 3.26. The Bertz CT molecular complexity index is 1120. The van der Waals surface area contributed by atoms with Crippen molar-refractivity contribution in [3.63, 3.8) is 0 Å². The third-order valence-electron chi connectivity index (χ3n) is 4.57. The quantitative estimate of drug-likeness (QED) is 0.694. The number of hydrogen-bond acceptors (Lipinski definition) is 4. The summed E-state index contributed by atoms with van der Waals surface area (Å²) >= 11 is 1.50. The molecular weight excluding hydrogens is 379 g/mol. The number of hydrogen-bond donors (Lipinski definition) is 1. The molecule has 1 aliphatic carbocycles. The van der Waals surface area contributed by atoms with E-state index >= 15 is 0 Å². The molecule has 0 fully saturated rings. The standard InChI is InChI=1S/C18H14F3N3O2S/c19-10-5-6-11(16(21)15(10)20)23-13(25)7-24-8-22-17-14(18(24)26)9-3-1-2-4-12(9)27-17/h5-6,8H,1-4,7H2,(H,23,25). The van der Waals surface area contributed by atoms with E-state index in [1.165, 1.54) is 17.7 Å². The van der Waals surface area contributed by atoms with Crippen LogP contribution in [0.4, 0.5) is 18.9 Å². The summed E-state index contributed by atoms with van der Waals surface area (Å²) in [5.41, 5.74) is 0.175. The molecule has 9 heteroatoms. The van der Waals surface area contributed by atoms with Crippen LogP contribution in [0.5, 0.6) is 0 Å². The van der Waals surface area contributed by atoms with E-state index in [4.69, 9.17) is 0 Å². The van der Waals surface area contributed by atoms with Gasteiger partial charge < -0.3 is 5.32 Å². The van der Waals surface area contributed by atoms with E-state index in [9.17, 15) is 22.8 Å². The molecule has 2 heterocycles. The molecule has 0 bridgehead atoms. The molecule has 140 valence electrons. The van der Waals surface area contributed by atoms with Gasteiger partial charge in [-0.05, 0) is 43.4 Å². The summed E-state index contributed by atoms with van der Waals surface area (Å²) in [6, 6.07) is 1.64. The maximum atomic E-state index is 13.7. The van der Waals surface area contributed by atoms with Crippen molar-refractivity contribution >= 4 is 33.1 Å². The second-order valence-corrected chi connectivity index (χ2v) is 7.42. The van der Waals surface area contributed by atoms with E-state index in [1.54, 1.807) is 0 Å². The lowest BCUT2D eigenvalue weighted by Crippen LogP contribution is -2.28. The van der Waals surface area contributed by atoms with Gasteiger partial charge in [-0.1, -0.05) is 0 Å². The van der Waals surface area contributed by atoms with Gasteiger partial charge in [-0.15, -0.1) is 11.3 Å². The SMILES string of the molecule is O=C(Cn1cnc2sc3c(c2c1=O)CCCC3)Nc1ccc(F)c(F)c1F. The van der Waals surface area contributed by atoms with Gasteiger partial charge in [0, 0.05) is 4.88 Å². The van der Waals surface area contributed by atoms with Gasteiger partial charge in [-0.2, -0.15) is 0 Å². The van der Waals surface area contributed by atoms with Crippen molar-refractivity contribution in [2.45, 2.75) is 32.2 Å². The highest BCUT2D eigenvalue weighted by atomic mass is 32.1. The smallest absolute Gasteiger partial charge is 0.262 e. The Morgan fingerprint density at radius 2 is 1.96 bits per heavy atom. The number of carbonyl (C=O) groups excluding carboxylic acids is 1. The van der Waals surface area contributed by atoms with Crippen LogP contribution < -0.4 is 10.9 Å². The first-order valence-electron chi connectivity index (χ1n) is 8.38. The van der Waals surface area contributed by atoms with Crippen LogP contribution in [0.3, 0.4) is 0 Å². The molecule has 2 aromatic heterocycles. The van der Waals surface area contributed by atoms with E-state index in [2.05, 4.69) is 10.3 Å². The summed E-state index contributed by atoms with van der Waals surface area (Å²) in [7, 11) is 0. The highest BCUT2D eigenvalue weighted by molar-refractivity contribution is 7.18. The van der Waals surface area contributed by atoms with Crippen molar-refractivity contribution in [3.05, 3.63) is 56.7 Å². The Kier molecular flexibility index (Phi) is 4.47. The summed E-state index contributed by atoms with van der Waals surface area (Å²) in [6.45, 7) is -0.412. The van der Waals surface area contributed by atoms with Crippen LogP contribution in [0.25, 0.3) is 10.2 Å². The zero-order chi connectivity index (χ0) is 19.1. The molecule has 0 aliphatic heterocycles. The van der Waals surface area contributed by atoms with Crippen LogP contribution in [-0.4, -0.2) is 15.5 Å². The average Bonchev–Trinajstić information content (AvgIpc) is 3.04. The number of benzene rings is 1. The van der Waals surface area contributed by atoms with Gasteiger partial charge in [0.1, 0.15) is 11.4 Å². The van der Waals surface area contributed by atoms with Crippen molar-refractivity contribution in [1.82, 2.24) is 9.55 Å². The van der Waals surface area contributed by atoms with Gasteiger partial charge in [0.25, 0.3) is 5.56 Å². The third kappa shape index (κ3) is 3.12. The van der Waals surface area contributed by atoms with E-state index in [0.717, 1.165) is 46.8 Å². The Morgan fingerprint density at radius 3 is 2.78 bits per heavy atom. The Hall–Kier alpha value is -2.68. The lowest BCUT2D eigenvalue weighted by molar-refractivity contribution is -0.116. The second kappa shape index (κ2) is 6.80. The molecule has 0 saturated heterocycles. The number of aromatic nitrogens is 2. The molecule has 0 unspecified atom stereocenters. The van der Waals surface area contributed by atoms with Crippen molar-refractivity contribution < 1.29 is 18.0 Å². The minimum Gasteiger partial charge on any atom is -0.322 e. The van der Waals surface area contributed by atoms with Crippen LogP contribution in [0.2, 0.25) is 0 Å². The Morgan fingerprint density at radius 1 is 1.19 bits per heavy atom. The van der Waals surface area contributed by atoms with Gasteiger partial charge in [-0.3, -0.25) is 14.2 Å². The fraction of sp³-hybridized carbons (Fsp3) is 0.278. The summed E-state index contributed by atoms with van der Waals surface area (Å²) in [5.74, 6) is -5.25. The molecule has 3 aromatic rings. The van der Waals surface area contributed by atoms with Gasteiger partial charge in [0.05, 0.1) is 17.4 Å². The lowest BCUT2D eigenvalue weighted by atomic mass is 9.97. The zero-order valence-electron chi connectivity index (χ0n) is 14.0. The molecule has 0 atom stereocenters. The van der Waals surface area contributed by atoms with Crippen molar-refractivity contribution in [3.8, 4) is 0 Å². The number of nitrogens with zero attached hydrogens (tertiary/aromatic N) is 2. The Balaban J connectivity index is 1.62. The van der Waals surface area contributed by atoms with Crippen LogP contribution in [0, 0.1) is 17.5 Å². The second-order valence-electron chi connectivity index (χ2n) is 6.34. The zero-order valence-corrected chi connectivity index (χ0v) is 14.8. The van der Waals surface area contributed by atoms with Gasteiger partial charge >= 0.3 is 0 Å². The number of fused-ring (bicyclic) bond motifs is 3. The first-order valence-corrected chi connectivity index (χ1v) is 9.20. The molecule has 0 radical (unpaired) electrons. The van der Waals surface area contributed by atoms with Gasteiger partial charge in [0.15, 0.2) is 17.5 Å². The van der Waals surface area contributed by atoms with Crippen molar-refractivity contribution in [2.24, 2.45) is 0 Å². The molecule has 0 saturated carbocycles. The number of carbonyl (C=O) groups is 1. The van der Waals surface area contributed by atoms with E-state index in [-0.39, 0.29) is 5.56 Å². The summed E-state index contributed by atoms with van der Waals surface area (Å²) in [4.78, 5) is 31.0. The third-order valence-corrected chi connectivity index (χ3v) is 5.76. The highest BCUT2D eigenvalue weighted by Crippen LogP contribution is 2.33. The maximum Gasteiger partial charge on any atom is 0.262 e. The van der Waals surface area contributed by atoms with E-state index in [1.807, 2.05) is 0 Å². The number of rotatable bonds is 3. The van der Waals surface area contributed by atoms with Crippen LogP contribution in [0.1, 0.15) is 23.3 Å². The molecule has 1 aliphatic rings. The van der Waals surface area contributed by atoms with Gasteiger partial charge in [-0.25, -0.2) is 18.2 Å². The number of halogens is 3. The first-order chi connectivity index (χ1) is 13.0. The van der Waals surface area contributed by atoms with E-state index < -0.39 is 35.6 Å². The van der Waals surface area contributed by atoms with Crippen LogP contribution in [-0.2, 0) is 24.2 Å². The monoisotopic (exact) mass is 393 g/mol. The number of amides is 1. The largest absolute Gasteiger partial charge is 0.322 e. The Labute approximate surface area is 155 Å². The normalized spacial score (nSPS) is 13.6. The predicted octanol–water partition coefficient (Wildman–Crippen LogP) is 3.39. The number of aryl methyl sites for hydroxylation is 2. The van der Waals surface area contributed by atoms with Crippen LogP contribution in [0.15, 0.2) is 23.3 Å². The summed E-state index contributed by atoms with van der Waals surface area (Å²) in [6.07, 6.45) is 5.08. The molecule has 5 nitrogen and oxygen atoms in total. The predicted molar refractivity (Wildman–Crippen MR) is 95.5 cm³/mol. The summed E-state index contributed by atoms with van der Waals surface area (Å²) in [5, 5.41) is 2.68. The molecule has 1 amide bonds. The number of nitrogens with one attached hydrogen (secondary N) is 1. The average molecular weight is 393 g/mol. The number of thiophene rings is 1. The van der Waals surface area contributed by atoms with Crippen LogP contribution >= 0.6 is 11.3 Å². The highest BCUT2D eigenvalue weighted by Gasteiger charge is 2.21.